The molecule has 0 radical (unpaired) electrons. The predicted octanol–water partition coefficient (Wildman–Crippen LogP) is 8.11. The number of aliphatic hydroxyl groups excluding tert-OH is 2. The summed E-state index contributed by atoms with van der Waals surface area (Å²) < 4.78 is 17.8. The minimum absolute atomic E-state index is 0.0214. The van der Waals surface area contributed by atoms with Crippen LogP contribution in [-0.2, 0) is 19.0 Å². The van der Waals surface area contributed by atoms with Crippen molar-refractivity contribution in [3.05, 3.63) is 11.6 Å². The summed E-state index contributed by atoms with van der Waals surface area (Å²) in [5, 5.41) is 21.0. The van der Waals surface area contributed by atoms with Crippen molar-refractivity contribution in [2.45, 2.75) is 204 Å². The van der Waals surface area contributed by atoms with Gasteiger partial charge in [-0.25, -0.2) is 4.79 Å². The molecule has 2 fully saturated rings. The van der Waals surface area contributed by atoms with Crippen LogP contribution in [0.3, 0.4) is 0 Å². The summed E-state index contributed by atoms with van der Waals surface area (Å²) in [5.41, 5.74) is 0.614. The second kappa shape index (κ2) is 20.1. The molecule has 0 unspecified atom stereocenters. The summed E-state index contributed by atoms with van der Waals surface area (Å²) in [7, 11) is 0. The van der Waals surface area contributed by atoms with E-state index in [1.165, 1.54) is 70.6 Å². The maximum Gasteiger partial charge on any atom is 0.334 e. The monoisotopic (exact) mass is 578 g/mol. The Labute approximate surface area is 251 Å². The van der Waals surface area contributed by atoms with Gasteiger partial charge >= 0.3 is 5.97 Å². The Bertz CT molecular complexity index is 738. The molecular weight excluding hydrogens is 516 g/mol. The van der Waals surface area contributed by atoms with Crippen molar-refractivity contribution < 1.29 is 29.2 Å². The maximum absolute atomic E-state index is 11.7. The number of unbranched alkanes of at least 4 members (excludes halogenated alkanes) is 13. The molecular formula is C35H62O6. The van der Waals surface area contributed by atoms with Gasteiger partial charge in [-0.2, -0.15) is 0 Å². The van der Waals surface area contributed by atoms with Gasteiger partial charge in [-0.3, -0.25) is 0 Å². The van der Waals surface area contributed by atoms with E-state index in [0.717, 1.165) is 64.2 Å². The van der Waals surface area contributed by atoms with E-state index >= 15 is 0 Å². The standard InChI is InChI=1S/C35H62O6/c1-3-4-5-6-7-8-9-10-11-12-13-17-20-31(37)32-23-24-34(41-32)33-22-21-30(40-33)19-16-14-15-18-29(36)26-28-25-27(2)39-35(28)38/h25,27,29-34,36-37H,3-24,26H2,1-2H3/t27-,29+,30-,31+,32+,33+,34+/m1/s1. The molecule has 0 spiro atoms. The van der Waals surface area contributed by atoms with Gasteiger partial charge in [0.05, 0.1) is 36.6 Å². The zero-order chi connectivity index (χ0) is 29.3. The summed E-state index contributed by atoms with van der Waals surface area (Å²) in [6.07, 6.45) is 27.7. The Morgan fingerprint density at radius 1 is 0.756 bits per heavy atom. The summed E-state index contributed by atoms with van der Waals surface area (Å²) >= 11 is 0. The molecule has 0 aromatic heterocycles. The lowest BCUT2D eigenvalue weighted by atomic mass is 10.0. The molecule has 0 bridgehead atoms. The van der Waals surface area contributed by atoms with Gasteiger partial charge in [0.15, 0.2) is 0 Å². The number of carbonyl (C=O) groups is 1. The Hall–Kier alpha value is -0.950. The number of aliphatic hydroxyl groups is 2. The van der Waals surface area contributed by atoms with E-state index in [1.54, 1.807) is 0 Å². The van der Waals surface area contributed by atoms with Gasteiger partial charge in [0.25, 0.3) is 0 Å². The number of cyclic esters (lactones) is 1. The number of hydrogen-bond acceptors (Lipinski definition) is 6. The molecule has 0 aromatic rings. The second-order valence-electron chi connectivity index (χ2n) is 13.2. The largest absolute Gasteiger partial charge is 0.455 e. The Morgan fingerprint density at radius 3 is 2.00 bits per heavy atom. The van der Waals surface area contributed by atoms with Crippen LogP contribution >= 0.6 is 0 Å². The molecule has 0 amide bonds. The first-order chi connectivity index (χ1) is 20.0. The van der Waals surface area contributed by atoms with Crippen molar-refractivity contribution in [2.24, 2.45) is 0 Å². The van der Waals surface area contributed by atoms with Crippen molar-refractivity contribution in [2.75, 3.05) is 0 Å². The summed E-state index contributed by atoms with van der Waals surface area (Å²) in [5.74, 6) is -0.281. The minimum Gasteiger partial charge on any atom is -0.455 e. The molecule has 3 aliphatic heterocycles. The Balaban J connectivity index is 1.14. The summed E-state index contributed by atoms with van der Waals surface area (Å²) in [4.78, 5) is 11.7. The van der Waals surface area contributed by atoms with Gasteiger partial charge in [-0.05, 0) is 57.9 Å². The molecule has 2 saturated heterocycles. The zero-order valence-electron chi connectivity index (χ0n) is 26.4. The first kappa shape index (κ1) is 34.5. The van der Waals surface area contributed by atoms with E-state index in [0.29, 0.717) is 24.5 Å². The van der Waals surface area contributed by atoms with E-state index in [-0.39, 0.29) is 36.5 Å². The van der Waals surface area contributed by atoms with Gasteiger partial charge in [0, 0.05) is 12.0 Å². The summed E-state index contributed by atoms with van der Waals surface area (Å²) in [6.45, 7) is 4.12. The SMILES string of the molecule is CCCCCCCCCCCCCC[C@H](O)[C@@H]1CC[C@@H]([C@@H]2CC[C@@H](CCCCC[C@H](O)CC3=C[C@@H](C)OC3=O)O2)O1. The van der Waals surface area contributed by atoms with Gasteiger partial charge in [-0.1, -0.05) is 103 Å². The fraction of sp³-hybridized carbons (Fsp3) is 0.914. The Kier molecular flexibility index (Phi) is 16.9. The van der Waals surface area contributed by atoms with Crippen LogP contribution in [0.25, 0.3) is 0 Å². The van der Waals surface area contributed by atoms with Crippen LogP contribution < -0.4 is 0 Å². The molecule has 6 heteroatoms. The number of ether oxygens (including phenoxy) is 3. The molecule has 238 valence electrons. The Morgan fingerprint density at radius 2 is 1.34 bits per heavy atom. The third-order valence-corrected chi connectivity index (χ3v) is 9.43. The van der Waals surface area contributed by atoms with Crippen LogP contribution in [0, 0.1) is 0 Å². The van der Waals surface area contributed by atoms with E-state index in [1.807, 2.05) is 13.0 Å². The smallest absolute Gasteiger partial charge is 0.334 e. The van der Waals surface area contributed by atoms with E-state index in [2.05, 4.69) is 6.92 Å². The zero-order valence-corrected chi connectivity index (χ0v) is 26.4. The first-order valence-electron chi connectivity index (χ1n) is 17.5. The molecule has 3 rings (SSSR count). The fourth-order valence-electron chi connectivity index (χ4n) is 6.91. The van der Waals surface area contributed by atoms with Crippen molar-refractivity contribution in [3.8, 4) is 0 Å². The first-order valence-corrected chi connectivity index (χ1v) is 17.5. The van der Waals surface area contributed by atoms with Crippen molar-refractivity contribution in [3.63, 3.8) is 0 Å². The van der Waals surface area contributed by atoms with Crippen LogP contribution in [0.2, 0.25) is 0 Å². The van der Waals surface area contributed by atoms with E-state index < -0.39 is 6.10 Å². The fourth-order valence-corrected chi connectivity index (χ4v) is 6.91. The molecule has 6 nitrogen and oxygen atoms in total. The highest BCUT2D eigenvalue weighted by Gasteiger charge is 2.39. The number of rotatable bonds is 23. The number of carbonyl (C=O) groups excluding carboxylic acids is 1. The molecule has 41 heavy (non-hydrogen) atoms. The summed E-state index contributed by atoms with van der Waals surface area (Å²) in [6, 6.07) is 0. The molecule has 7 atom stereocenters. The lowest BCUT2D eigenvalue weighted by Crippen LogP contribution is -2.31. The molecule has 2 N–H and O–H groups in total. The van der Waals surface area contributed by atoms with Gasteiger partial charge in [0.2, 0.25) is 0 Å². The average Bonchev–Trinajstić information content (AvgIpc) is 3.69. The van der Waals surface area contributed by atoms with E-state index in [4.69, 9.17) is 14.2 Å². The highest BCUT2D eigenvalue weighted by atomic mass is 16.6. The normalized spacial score (nSPS) is 27.8. The van der Waals surface area contributed by atoms with Crippen LogP contribution in [0.1, 0.15) is 162 Å². The molecule has 0 saturated carbocycles. The van der Waals surface area contributed by atoms with Crippen LogP contribution in [0.5, 0.6) is 0 Å². The highest BCUT2D eigenvalue weighted by Crippen LogP contribution is 2.34. The third kappa shape index (κ3) is 13.5. The average molecular weight is 579 g/mol. The van der Waals surface area contributed by atoms with Crippen molar-refractivity contribution >= 4 is 5.97 Å². The predicted molar refractivity (Wildman–Crippen MR) is 165 cm³/mol. The van der Waals surface area contributed by atoms with Gasteiger partial charge in [0.1, 0.15) is 6.10 Å². The lowest BCUT2D eigenvalue weighted by molar-refractivity contribution is -0.139. The second-order valence-corrected chi connectivity index (χ2v) is 13.2. The van der Waals surface area contributed by atoms with Crippen LogP contribution in [-0.4, -0.2) is 58.9 Å². The molecule has 3 aliphatic rings. The van der Waals surface area contributed by atoms with Crippen molar-refractivity contribution in [1.29, 1.82) is 0 Å². The number of hydrogen-bond donors (Lipinski definition) is 2. The van der Waals surface area contributed by atoms with E-state index in [9.17, 15) is 15.0 Å². The van der Waals surface area contributed by atoms with Gasteiger partial charge in [-0.15, -0.1) is 0 Å². The maximum atomic E-state index is 11.7. The quantitative estimate of drug-likeness (QED) is 0.0941. The molecule has 0 aliphatic carbocycles. The van der Waals surface area contributed by atoms with Crippen molar-refractivity contribution in [1.82, 2.24) is 0 Å². The van der Waals surface area contributed by atoms with Crippen LogP contribution in [0.15, 0.2) is 11.6 Å². The topological polar surface area (TPSA) is 85.2 Å². The minimum atomic E-state index is -0.478. The highest BCUT2D eigenvalue weighted by molar-refractivity contribution is 5.90. The molecule has 0 aromatic carbocycles. The van der Waals surface area contributed by atoms with Gasteiger partial charge < -0.3 is 24.4 Å². The third-order valence-electron chi connectivity index (χ3n) is 9.43. The molecule has 3 heterocycles. The number of esters is 1. The lowest BCUT2D eigenvalue weighted by Gasteiger charge is -2.23. The van der Waals surface area contributed by atoms with Crippen LogP contribution in [0.4, 0.5) is 0 Å².